The summed E-state index contributed by atoms with van der Waals surface area (Å²) in [5.41, 5.74) is 0.327. The minimum atomic E-state index is -0.499. The lowest BCUT2D eigenvalue weighted by Gasteiger charge is -2.23. The van der Waals surface area contributed by atoms with Crippen LogP contribution in [0.15, 0.2) is 22.7 Å². The molecule has 1 unspecified atom stereocenters. The molecule has 96 valence electrons. The number of benzene rings is 1. The number of para-hydroxylation sites is 1. The molecule has 0 radical (unpaired) electrons. The molecule has 1 heterocycles. The Morgan fingerprint density at radius 2 is 2.28 bits per heavy atom. The van der Waals surface area contributed by atoms with Crippen molar-refractivity contribution >= 4 is 33.4 Å². The van der Waals surface area contributed by atoms with E-state index in [1.807, 2.05) is 0 Å². The van der Waals surface area contributed by atoms with Crippen molar-refractivity contribution in [2.75, 3.05) is 18.4 Å². The third-order valence-corrected chi connectivity index (χ3v) is 3.21. The number of carbonyl (C=O) groups is 2. The number of anilines is 1. The van der Waals surface area contributed by atoms with Gasteiger partial charge in [0.05, 0.1) is 16.7 Å². The van der Waals surface area contributed by atoms with Crippen molar-refractivity contribution in [3.63, 3.8) is 0 Å². The summed E-state index contributed by atoms with van der Waals surface area (Å²) in [6.45, 7) is 0.349. The number of phenolic OH excluding ortho intramolecular Hbond substituents is 1. The average Bonchev–Trinajstić information content (AvgIpc) is 2.36. The number of phenols is 1. The number of halogens is 1. The monoisotopic (exact) mass is 313 g/mol. The molecule has 4 N–H and O–H groups in total. The summed E-state index contributed by atoms with van der Waals surface area (Å²) in [6, 6.07) is 4.47. The summed E-state index contributed by atoms with van der Waals surface area (Å²) in [4.78, 5) is 22.8. The normalized spacial score (nSPS) is 19.2. The van der Waals surface area contributed by atoms with Gasteiger partial charge in [0.1, 0.15) is 6.04 Å². The predicted molar refractivity (Wildman–Crippen MR) is 69.2 cm³/mol. The van der Waals surface area contributed by atoms with Crippen molar-refractivity contribution in [3.05, 3.63) is 22.7 Å². The van der Waals surface area contributed by atoms with Gasteiger partial charge in [0.15, 0.2) is 5.75 Å². The van der Waals surface area contributed by atoms with Gasteiger partial charge in [-0.2, -0.15) is 0 Å². The molecular formula is C11H12BrN3O3. The molecule has 6 nitrogen and oxygen atoms in total. The molecule has 1 aliphatic heterocycles. The highest BCUT2D eigenvalue weighted by atomic mass is 79.9. The lowest BCUT2D eigenvalue weighted by molar-refractivity contribution is -0.124. The Hall–Kier alpha value is -1.60. The molecule has 1 atom stereocenters. The van der Waals surface area contributed by atoms with Crippen LogP contribution in [0, 0.1) is 0 Å². The minimum Gasteiger partial charge on any atom is -0.505 e. The molecule has 1 fully saturated rings. The second-order valence-electron chi connectivity index (χ2n) is 3.86. The molecule has 18 heavy (non-hydrogen) atoms. The van der Waals surface area contributed by atoms with Gasteiger partial charge in [-0.15, -0.1) is 0 Å². The number of nitrogens with one attached hydrogen (secondary N) is 3. The summed E-state index contributed by atoms with van der Waals surface area (Å²) in [5.74, 6) is -0.460. The van der Waals surface area contributed by atoms with Gasteiger partial charge in [-0.1, -0.05) is 6.07 Å². The fraction of sp³-hybridized carbons (Fsp3) is 0.273. The van der Waals surface area contributed by atoms with Crippen molar-refractivity contribution in [2.24, 2.45) is 0 Å². The van der Waals surface area contributed by atoms with Crippen LogP contribution in [0.5, 0.6) is 5.75 Å². The number of carbonyl (C=O) groups excluding carboxylic acids is 2. The van der Waals surface area contributed by atoms with Crippen molar-refractivity contribution in [2.45, 2.75) is 6.04 Å². The Balaban J connectivity index is 2.03. The average molecular weight is 314 g/mol. The Labute approximate surface area is 112 Å². The van der Waals surface area contributed by atoms with Gasteiger partial charge in [0.2, 0.25) is 11.8 Å². The first kappa shape index (κ1) is 12.8. The van der Waals surface area contributed by atoms with E-state index in [-0.39, 0.29) is 30.7 Å². The van der Waals surface area contributed by atoms with Crippen LogP contribution in [0.25, 0.3) is 0 Å². The van der Waals surface area contributed by atoms with Crippen LogP contribution in [0.1, 0.15) is 0 Å². The van der Waals surface area contributed by atoms with E-state index in [1.165, 1.54) is 0 Å². The van der Waals surface area contributed by atoms with Crippen LogP contribution in [-0.2, 0) is 9.59 Å². The minimum absolute atomic E-state index is 0.0225. The molecule has 2 amide bonds. The van der Waals surface area contributed by atoms with Crippen molar-refractivity contribution in [1.82, 2.24) is 10.6 Å². The molecule has 1 saturated heterocycles. The highest BCUT2D eigenvalue weighted by Crippen LogP contribution is 2.31. The van der Waals surface area contributed by atoms with E-state index < -0.39 is 6.04 Å². The van der Waals surface area contributed by atoms with E-state index in [0.29, 0.717) is 10.2 Å². The Kier molecular flexibility index (Phi) is 3.83. The van der Waals surface area contributed by atoms with Gasteiger partial charge < -0.3 is 15.7 Å². The highest BCUT2D eigenvalue weighted by molar-refractivity contribution is 9.10. The van der Waals surface area contributed by atoms with Crippen LogP contribution in [-0.4, -0.2) is 36.1 Å². The zero-order valence-corrected chi connectivity index (χ0v) is 11.0. The lowest BCUT2D eigenvalue weighted by Crippen LogP contribution is -2.56. The maximum Gasteiger partial charge on any atom is 0.243 e. The van der Waals surface area contributed by atoms with E-state index >= 15 is 0 Å². The number of rotatable bonds is 2. The van der Waals surface area contributed by atoms with Gasteiger partial charge in [-0.05, 0) is 28.1 Å². The first-order valence-electron chi connectivity index (χ1n) is 5.36. The van der Waals surface area contributed by atoms with Crippen LogP contribution in [0.3, 0.4) is 0 Å². The molecule has 7 heteroatoms. The zero-order chi connectivity index (χ0) is 13.1. The summed E-state index contributed by atoms with van der Waals surface area (Å²) >= 11 is 3.17. The summed E-state index contributed by atoms with van der Waals surface area (Å²) in [7, 11) is 0. The van der Waals surface area contributed by atoms with E-state index in [0.717, 1.165) is 0 Å². The Morgan fingerprint density at radius 1 is 1.50 bits per heavy atom. The number of piperazine rings is 1. The third kappa shape index (κ3) is 2.80. The van der Waals surface area contributed by atoms with Gasteiger partial charge in [0.25, 0.3) is 0 Å². The van der Waals surface area contributed by atoms with Gasteiger partial charge in [0, 0.05) is 6.54 Å². The van der Waals surface area contributed by atoms with Crippen LogP contribution in [0.4, 0.5) is 5.69 Å². The Bertz CT molecular complexity index is 482. The van der Waals surface area contributed by atoms with Crippen molar-refractivity contribution in [1.29, 1.82) is 0 Å². The summed E-state index contributed by atoms with van der Waals surface area (Å²) in [5, 5.41) is 17.7. The molecule has 0 spiro atoms. The first-order valence-corrected chi connectivity index (χ1v) is 6.15. The fourth-order valence-corrected chi connectivity index (χ4v) is 1.95. The molecule has 0 saturated carbocycles. The number of hydrogen-bond acceptors (Lipinski definition) is 4. The van der Waals surface area contributed by atoms with Gasteiger partial charge in [-0.3, -0.25) is 14.9 Å². The summed E-state index contributed by atoms with van der Waals surface area (Å²) < 4.78 is 0.505. The van der Waals surface area contributed by atoms with Crippen LogP contribution >= 0.6 is 15.9 Å². The topological polar surface area (TPSA) is 90.5 Å². The predicted octanol–water partition coefficient (Wildman–Crippen LogP) is 0.181. The van der Waals surface area contributed by atoms with Crippen molar-refractivity contribution in [3.8, 4) is 5.75 Å². The van der Waals surface area contributed by atoms with Crippen LogP contribution in [0.2, 0.25) is 0 Å². The maximum atomic E-state index is 11.9. The number of amides is 2. The molecule has 1 aromatic carbocycles. The number of aromatic hydroxyl groups is 1. The van der Waals surface area contributed by atoms with E-state index in [2.05, 4.69) is 31.9 Å². The molecule has 1 aromatic rings. The molecule has 0 aliphatic carbocycles. The molecule has 0 aromatic heterocycles. The largest absolute Gasteiger partial charge is 0.505 e. The molecule has 1 aliphatic rings. The second kappa shape index (κ2) is 5.36. The smallest absolute Gasteiger partial charge is 0.243 e. The first-order chi connectivity index (χ1) is 8.58. The molecular weight excluding hydrogens is 302 g/mol. The van der Waals surface area contributed by atoms with Gasteiger partial charge >= 0.3 is 0 Å². The maximum absolute atomic E-state index is 11.9. The Morgan fingerprint density at radius 3 is 2.94 bits per heavy atom. The lowest BCUT2D eigenvalue weighted by atomic mass is 10.2. The second-order valence-corrected chi connectivity index (χ2v) is 4.72. The third-order valence-electron chi connectivity index (χ3n) is 2.57. The fourth-order valence-electron chi connectivity index (χ4n) is 1.59. The quantitative estimate of drug-likeness (QED) is 0.586. The SMILES string of the molecule is O=C1CNC(C(=O)Nc2cccc(Br)c2O)CN1. The highest BCUT2D eigenvalue weighted by Gasteiger charge is 2.24. The van der Waals surface area contributed by atoms with E-state index in [4.69, 9.17) is 0 Å². The zero-order valence-electron chi connectivity index (χ0n) is 9.37. The number of hydrogen-bond donors (Lipinski definition) is 4. The molecule has 0 bridgehead atoms. The molecule has 2 rings (SSSR count). The van der Waals surface area contributed by atoms with E-state index in [1.54, 1.807) is 18.2 Å². The van der Waals surface area contributed by atoms with Crippen molar-refractivity contribution < 1.29 is 14.7 Å². The standard InChI is InChI=1S/C11H12BrN3O3/c12-6-2-1-3-7(10(6)17)15-11(18)8-4-14-9(16)5-13-8/h1-3,8,13,17H,4-5H2,(H,14,16)(H,15,18). The van der Waals surface area contributed by atoms with Gasteiger partial charge in [-0.25, -0.2) is 0 Å². The van der Waals surface area contributed by atoms with Crippen LogP contribution < -0.4 is 16.0 Å². The summed E-state index contributed by atoms with van der Waals surface area (Å²) in [6.07, 6.45) is 0. The van der Waals surface area contributed by atoms with E-state index in [9.17, 15) is 14.7 Å².